The Hall–Kier alpha value is -3.14. The van der Waals surface area contributed by atoms with Gasteiger partial charge in [0, 0.05) is 33.0 Å². The van der Waals surface area contributed by atoms with E-state index in [0.29, 0.717) is 34.5 Å². The van der Waals surface area contributed by atoms with Crippen LogP contribution in [0.15, 0.2) is 54.2 Å². The largest absolute Gasteiger partial charge is 0.506 e. The van der Waals surface area contributed by atoms with Crippen molar-refractivity contribution >= 4 is 51.6 Å². The molecule has 3 rings (SSSR count). The molecule has 1 aliphatic heterocycles. The first-order chi connectivity index (χ1) is 14.3. The number of rotatable bonds is 5. The fourth-order valence-corrected chi connectivity index (χ4v) is 3.35. The highest BCUT2D eigenvalue weighted by Crippen LogP contribution is 2.27. The van der Waals surface area contributed by atoms with Gasteiger partial charge >= 0.3 is 0 Å². The molecule has 0 aromatic heterocycles. The number of halogens is 1. The van der Waals surface area contributed by atoms with Crippen LogP contribution >= 0.6 is 22.6 Å². The molecular formula is C22H20IN3O4. The number of nitrogens with one attached hydrogen (secondary N) is 3. The van der Waals surface area contributed by atoms with Gasteiger partial charge in [-0.25, -0.2) is 0 Å². The van der Waals surface area contributed by atoms with E-state index in [2.05, 4.69) is 38.5 Å². The standard InChI is InChI=1S/C22H20IN3O4/c1-3-12(2)20(28)25-18-7-4-13(8-19(18)27)10-24-11-17-16-9-14(23)5-6-15(16)21(29)26-22(17)30/h3-9,11,24,27H,10H2,1-2H3,(H,25,28)(H,26,29,30)/b12-3+,17-11?. The zero-order valence-electron chi connectivity index (χ0n) is 16.4. The van der Waals surface area contributed by atoms with Gasteiger partial charge in [-0.3, -0.25) is 19.7 Å². The lowest BCUT2D eigenvalue weighted by molar-refractivity contribution is -0.115. The molecule has 0 unspecified atom stereocenters. The van der Waals surface area contributed by atoms with Crippen molar-refractivity contribution in [3.05, 3.63) is 74.5 Å². The van der Waals surface area contributed by atoms with Crippen LogP contribution in [0.1, 0.15) is 35.3 Å². The second-order valence-corrected chi connectivity index (χ2v) is 7.94. The van der Waals surface area contributed by atoms with Crippen molar-refractivity contribution in [3.8, 4) is 5.75 Å². The minimum atomic E-state index is -0.470. The van der Waals surface area contributed by atoms with Crippen molar-refractivity contribution in [3.63, 3.8) is 0 Å². The number of hydrogen-bond acceptors (Lipinski definition) is 5. The molecule has 0 saturated heterocycles. The fraction of sp³-hybridized carbons (Fsp3) is 0.136. The smallest absolute Gasteiger partial charge is 0.260 e. The second kappa shape index (κ2) is 9.12. The molecule has 8 heteroatoms. The summed E-state index contributed by atoms with van der Waals surface area (Å²) in [6.45, 7) is 3.78. The molecule has 0 spiro atoms. The SMILES string of the molecule is C/C=C(\C)C(=O)Nc1ccc(CNC=C2C(=O)NC(=O)c3ccc(I)cc32)cc1O. The number of carbonyl (C=O) groups excluding carboxylic acids is 3. The van der Waals surface area contributed by atoms with Gasteiger partial charge in [0.2, 0.25) is 0 Å². The van der Waals surface area contributed by atoms with Crippen molar-refractivity contribution in [1.82, 2.24) is 10.6 Å². The lowest BCUT2D eigenvalue weighted by atomic mass is 9.95. The van der Waals surface area contributed by atoms with Crippen LogP contribution < -0.4 is 16.0 Å². The molecule has 3 amide bonds. The predicted octanol–water partition coefficient (Wildman–Crippen LogP) is 3.30. The molecule has 0 atom stereocenters. The van der Waals surface area contributed by atoms with Crippen LogP contribution in [0, 0.1) is 3.57 Å². The number of benzene rings is 2. The zero-order chi connectivity index (χ0) is 21.8. The minimum absolute atomic E-state index is 0.0555. The molecule has 0 bridgehead atoms. The summed E-state index contributed by atoms with van der Waals surface area (Å²) in [5.74, 6) is -1.23. The number of hydrogen-bond donors (Lipinski definition) is 4. The molecule has 7 nitrogen and oxygen atoms in total. The summed E-state index contributed by atoms with van der Waals surface area (Å²) < 4.78 is 0.912. The maximum absolute atomic E-state index is 12.3. The number of amides is 3. The third-order valence-corrected chi connectivity index (χ3v) is 5.31. The van der Waals surface area contributed by atoms with Crippen molar-refractivity contribution in [2.24, 2.45) is 0 Å². The van der Waals surface area contributed by atoms with Crippen molar-refractivity contribution in [2.75, 3.05) is 5.32 Å². The van der Waals surface area contributed by atoms with Crippen LogP contribution in [0.3, 0.4) is 0 Å². The number of phenolic OH excluding ortho intramolecular Hbond substituents is 1. The van der Waals surface area contributed by atoms with Gasteiger partial charge in [-0.05, 0) is 72.3 Å². The first-order valence-corrected chi connectivity index (χ1v) is 10.2. The lowest BCUT2D eigenvalue weighted by Crippen LogP contribution is -2.37. The molecule has 0 radical (unpaired) electrons. The van der Waals surface area contributed by atoms with Gasteiger partial charge in [-0.1, -0.05) is 12.1 Å². The van der Waals surface area contributed by atoms with E-state index in [1.165, 1.54) is 6.07 Å². The molecular weight excluding hydrogens is 497 g/mol. The Labute approximate surface area is 187 Å². The molecule has 1 aliphatic rings. The van der Waals surface area contributed by atoms with Crippen molar-refractivity contribution in [1.29, 1.82) is 0 Å². The van der Waals surface area contributed by atoms with Gasteiger partial charge in [-0.2, -0.15) is 0 Å². The Bertz CT molecular complexity index is 1110. The quantitative estimate of drug-likeness (QED) is 0.211. The fourth-order valence-electron chi connectivity index (χ4n) is 2.86. The van der Waals surface area contributed by atoms with Gasteiger partial charge in [0.25, 0.3) is 17.7 Å². The summed E-state index contributed by atoms with van der Waals surface area (Å²) >= 11 is 2.13. The summed E-state index contributed by atoms with van der Waals surface area (Å²) in [4.78, 5) is 36.2. The Morgan fingerprint density at radius 2 is 1.90 bits per heavy atom. The Balaban J connectivity index is 1.74. The average Bonchev–Trinajstić information content (AvgIpc) is 2.71. The normalized spacial score (nSPS) is 14.9. The number of aromatic hydroxyl groups is 1. The van der Waals surface area contributed by atoms with Gasteiger partial charge in [0.05, 0.1) is 11.3 Å². The highest BCUT2D eigenvalue weighted by Gasteiger charge is 2.27. The van der Waals surface area contributed by atoms with Crippen LogP contribution in [0.5, 0.6) is 5.75 Å². The summed E-state index contributed by atoms with van der Waals surface area (Å²) in [5, 5.41) is 18.2. The first kappa shape index (κ1) is 21.6. The van der Waals surface area contributed by atoms with Gasteiger partial charge < -0.3 is 15.7 Å². The number of imide groups is 1. The predicted molar refractivity (Wildman–Crippen MR) is 123 cm³/mol. The van der Waals surface area contributed by atoms with E-state index < -0.39 is 11.8 Å². The third-order valence-electron chi connectivity index (χ3n) is 4.64. The van der Waals surface area contributed by atoms with E-state index in [1.54, 1.807) is 56.5 Å². The average molecular weight is 517 g/mol. The highest BCUT2D eigenvalue weighted by molar-refractivity contribution is 14.1. The Morgan fingerprint density at radius 3 is 2.60 bits per heavy atom. The summed E-state index contributed by atoms with van der Waals surface area (Å²) in [7, 11) is 0. The minimum Gasteiger partial charge on any atom is -0.506 e. The van der Waals surface area contributed by atoms with E-state index in [-0.39, 0.29) is 11.7 Å². The Kier molecular flexibility index (Phi) is 6.56. The van der Waals surface area contributed by atoms with E-state index in [4.69, 9.17) is 0 Å². The molecule has 0 aliphatic carbocycles. The molecule has 30 heavy (non-hydrogen) atoms. The number of anilines is 1. The summed E-state index contributed by atoms with van der Waals surface area (Å²) in [5.41, 5.74) is 2.99. The van der Waals surface area contributed by atoms with Crippen LogP contribution in [-0.4, -0.2) is 22.8 Å². The van der Waals surface area contributed by atoms with E-state index in [0.717, 1.165) is 9.13 Å². The van der Waals surface area contributed by atoms with Crippen LogP contribution in [0.25, 0.3) is 5.57 Å². The lowest BCUT2D eigenvalue weighted by Gasteiger charge is -2.18. The van der Waals surface area contributed by atoms with Gasteiger partial charge in [0.1, 0.15) is 5.75 Å². The molecule has 2 aromatic carbocycles. The molecule has 0 saturated carbocycles. The number of phenols is 1. The van der Waals surface area contributed by atoms with Crippen LogP contribution in [0.2, 0.25) is 0 Å². The Morgan fingerprint density at radius 1 is 1.13 bits per heavy atom. The number of carbonyl (C=O) groups is 3. The maximum atomic E-state index is 12.3. The van der Waals surface area contributed by atoms with Crippen LogP contribution in [0.4, 0.5) is 5.69 Å². The highest BCUT2D eigenvalue weighted by atomic mass is 127. The second-order valence-electron chi connectivity index (χ2n) is 6.69. The molecule has 2 aromatic rings. The first-order valence-electron chi connectivity index (χ1n) is 9.15. The van der Waals surface area contributed by atoms with Gasteiger partial charge in [0.15, 0.2) is 0 Å². The zero-order valence-corrected chi connectivity index (χ0v) is 18.5. The van der Waals surface area contributed by atoms with E-state index in [1.807, 2.05) is 0 Å². The van der Waals surface area contributed by atoms with Crippen molar-refractivity contribution in [2.45, 2.75) is 20.4 Å². The van der Waals surface area contributed by atoms with E-state index >= 15 is 0 Å². The van der Waals surface area contributed by atoms with Gasteiger partial charge in [-0.15, -0.1) is 0 Å². The molecule has 0 fully saturated rings. The summed E-state index contributed by atoms with van der Waals surface area (Å²) in [6, 6.07) is 10.2. The topological polar surface area (TPSA) is 108 Å². The monoisotopic (exact) mass is 517 g/mol. The molecule has 4 N–H and O–H groups in total. The van der Waals surface area contributed by atoms with Crippen LogP contribution in [-0.2, 0) is 16.1 Å². The maximum Gasteiger partial charge on any atom is 0.260 e. The molecule has 154 valence electrons. The third kappa shape index (κ3) is 4.70. The van der Waals surface area contributed by atoms with E-state index in [9.17, 15) is 19.5 Å². The van der Waals surface area contributed by atoms with Crippen molar-refractivity contribution < 1.29 is 19.5 Å². The molecule has 1 heterocycles. The number of fused-ring (bicyclic) bond motifs is 1. The summed E-state index contributed by atoms with van der Waals surface area (Å²) in [6.07, 6.45) is 3.24. The number of allylic oxidation sites excluding steroid dienone is 1.